The average molecular weight is 297 g/mol. The lowest BCUT2D eigenvalue weighted by atomic mass is 9.68. The third-order valence-corrected chi connectivity index (χ3v) is 5.08. The second-order valence-corrected chi connectivity index (χ2v) is 6.40. The van der Waals surface area contributed by atoms with Gasteiger partial charge in [0, 0.05) is 23.7 Å². The summed E-state index contributed by atoms with van der Waals surface area (Å²) in [5.74, 6) is 0.0435. The molecule has 4 rings (SSSR count). The number of hydrogen-bond acceptors (Lipinski definition) is 2. The Kier molecular flexibility index (Phi) is 2.96. The van der Waals surface area contributed by atoms with Crippen molar-refractivity contribution in [3.63, 3.8) is 0 Å². The lowest BCUT2D eigenvalue weighted by Gasteiger charge is -2.50. The van der Waals surface area contributed by atoms with Crippen LogP contribution in [0.2, 0.25) is 0 Å². The Bertz CT molecular complexity index is 745. The highest BCUT2D eigenvalue weighted by Gasteiger charge is 2.48. The molecular weight excluding hydrogens is 278 g/mol. The first-order valence-electron chi connectivity index (χ1n) is 7.85. The molecule has 1 aromatic heterocycles. The van der Waals surface area contributed by atoms with E-state index in [-0.39, 0.29) is 23.4 Å². The number of amides is 2. The van der Waals surface area contributed by atoms with Crippen LogP contribution in [0.15, 0.2) is 30.5 Å². The van der Waals surface area contributed by atoms with E-state index >= 15 is 0 Å². The van der Waals surface area contributed by atoms with Crippen LogP contribution in [0.1, 0.15) is 42.5 Å². The minimum Gasteiger partial charge on any atom is -0.361 e. The maximum atomic E-state index is 12.6. The van der Waals surface area contributed by atoms with Gasteiger partial charge in [0.2, 0.25) is 5.91 Å². The van der Waals surface area contributed by atoms with E-state index in [1.54, 1.807) is 0 Å². The molecule has 0 bridgehead atoms. The SMILES string of the molecule is O=C1CCC(NC(=O)c2ccc3cc[nH]c3c2)C2(CCC2)N1. The summed E-state index contributed by atoms with van der Waals surface area (Å²) < 4.78 is 0. The summed E-state index contributed by atoms with van der Waals surface area (Å²) in [5, 5.41) is 7.33. The smallest absolute Gasteiger partial charge is 0.251 e. The molecule has 1 spiro atoms. The molecule has 1 aromatic carbocycles. The fraction of sp³-hybridized carbons (Fsp3) is 0.412. The van der Waals surface area contributed by atoms with Crippen LogP contribution in [0, 0.1) is 0 Å². The van der Waals surface area contributed by atoms with E-state index in [1.807, 2.05) is 30.5 Å². The molecular formula is C17H19N3O2. The normalized spacial score (nSPS) is 23.1. The van der Waals surface area contributed by atoms with Gasteiger partial charge in [-0.25, -0.2) is 0 Å². The van der Waals surface area contributed by atoms with Crippen LogP contribution < -0.4 is 10.6 Å². The number of piperidine rings is 1. The van der Waals surface area contributed by atoms with Gasteiger partial charge < -0.3 is 15.6 Å². The predicted octanol–water partition coefficient (Wildman–Crippen LogP) is 2.10. The van der Waals surface area contributed by atoms with E-state index in [4.69, 9.17) is 0 Å². The van der Waals surface area contributed by atoms with Crippen LogP contribution in [0.5, 0.6) is 0 Å². The molecule has 1 saturated carbocycles. The highest BCUT2D eigenvalue weighted by molar-refractivity contribution is 5.98. The van der Waals surface area contributed by atoms with Crippen LogP contribution in [0.3, 0.4) is 0 Å². The summed E-state index contributed by atoms with van der Waals surface area (Å²) in [6.07, 6.45) is 6.11. The third-order valence-electron chi connectivity index (χ3n) is 5.08. The molecule has 1 saturated heterocycles. The zero-order valence-electron chi connectivity index (χ0n) is 12.3. The lowest BCUT2D eigenvalue weighted by Crippen LogP contribution is -2.68. The molecule has 3 N–H and O–H groups in total. The summed E-state index contributed by atoms with van der Waals surface area (Å²) in [6, 6.07) is 7.69. The van der Waals surface area contributed by atoms with Gasteiger partial charge >= 0.3 is 0 Å². The molecule has 1 atom stereocenters. The van der Waals surface area contributed by atoms with Crippen molar-refractivity contribution in [2.45, 2.75) is 43.7 Å². The molecule has 2 aromatic rings. The molecule has 0 radical (unpaired) electrons. The van der Waals surface area contributed by atoms with Crippen molar-refractivity contribution in [2.24, 2.45) is 0 Å². The highest BCUT2D eigenvalue weighted by atomic mass is 16.2. The highest BCUT2D eigenvalue weighted by Crippen LogP contribution is 2.39. The van der Waals surface area contributed by atoms with Crippen LogP contribution in [0.25, 0.3) is 10.9 Å². The van der Waals surface area contributed by atoms with Crippen LogP contribution in [-0.2, 0) is 4.79 Å². The van der Waals surface area contributed by atoms with E-state index < -0.39 is 0 Å². The molecule has 2 amide bonds. The summed E-state index contributed by atoms with van der Waals surface area (Å²) in [7, 11) is 0. The van der Waals surface area contributed by atoms with Crippen molar-refractivity contribution >= 4 is 22.7 Å². The van der Waals surface area contributed by atoms with E-state index in [1.165, 1.54) is 0 Å². The first-order chi connectivity index (χ1) is 10.7. The van der Waals surface area contributed by atoms with E-state index in [0.29, 0.717) is 12.0 Å². The molecule has 2 fully saturated rings. The predicted molar refractivity (Wildman–Crippen MR) is 83.5 cm³/mol. The third kappa shape index (κ3) is 2.08. The molecule has 5 heteroatoms. The van der Waals surface area contributed by atoms with Crippen molar-refractivity contribution in [2.75, 3.05) is 0 Å². The van der Waals surface area contributed by atoms with Gasteiger partial charge in [0.25, 0.3) is 5.91 Å². The molecule has 2 heterocycles. The number of aromatic amines is 1. The maximum Gasteiger partial charge on any atom is 0.251 e. The number of aromatic nitrogens is 1. The molecule has 5 nitrogen and oxygen atoms in total. The first-order valence-corrected chi connectivity index (χ1v) is 7.85. The number of carbonyl (C=O) groups is 2. The van der Waals surface area contributed by atoms with Crippen molar-refractivity contribution in [1.82, 2.24) is 15.6 Å². The van der Waals surface area contributed by atoms with Crippen molar-refractivity contribution in [3.8, 4) is 0 Å². The standard InChI is InChI=1S/C17H19N3O2/c21-15-5-4-14(17(20-15)7-1-8-17)19-16(22)12-3-2-11-6-9-18-13(11)10-12/h2-3,6,9-10,14,18H,1,4-5,7-8H2,(H,19,22)(H,20,21). The minimum atomic E-state index is -0.207. The van der Waals surface area contributed by atoms with E-state index in [9.17, 15) is 9.59 Å². The Morgan fingerprint density at radius 2 is 2.14 bits per heavy atom. The van der Waals surface area contributed by atoms with Crippen LogP contribution >= 0.6 is 0 Å². The summed E-state index contributed by atoms with van der Waals surface area (Å²) in [5.41, 5.74) is 1.41. The number of rotatable bonds is 2. The quantitative estimate of drug-likeness (QED) is 0.794. The number of carbonyl (C=O) groups excluding carboxylic acids is 2. The van der Waals surface area contributed by atoms with Gasteiger partial charge in [0.1, 0.15) is 0 Å². The number of fused-ring (bicyclic) bond motifs is 1. The number of H-pyrrole nitrogens is 1. The van der Waals surface area contributed by atoms with Gasteiger partial charge in [-0.15, -0.1) is 0 Å². The molecule has 2 aliphatic rings. The van der Waals surface area contributed by atoms with Gasteiger partial charge in [-0.05, 0) is 49.3 Å². The number of hydrogen-bond donors (Lipinski definition) is 3. The van der Waals surface area contributed by atoms with Crippen molar-refractivity contribution in [3.05, 3.63) is 36.0 Å². The van der Waals surface area contributed by atoms with Crippen LogP contribution in [0.4, 0.5) is 0 Å². The summed E-state index contributed by atoms with van der Waals surface area (Å²) in [4.78, 5) is 27.3. The fourth-order valence-corrected chi connectivity index (χ4v) is 3.65. The maximum absolute atomic E-state index is 12.6. The van der Waals surface area contributed by atoms with Gasteiger partial charge in [0.15, 0.2) is 0 Å². The topological polar surface area (TPSA) is 74.0 Å². The Morgan fingerprint density at radius 3 is 2.91 bits per heavy atom. The Morgan fingerprint density at radius 1 is 1.27 bits per heavy atom. The molecule has 1 unspecified atom stereocenters. The summed E-state index contributed by atoms with van der Waals surface area (Å²) in [6.45, 7) is 0. The lowest BCUT2D eigenvalue weighted by molar-refractivity contribution is -0.127. The first kappa shape index (κ1) is 13.4. The van der Waals surface area contributed by atoms with Gasteiger partial charge in [-0.1, -0.05) is 6.07 Å². The molecule has 114 valence electrons. The Labute approximate surface area is 128 Å². The van der Waals surface area contributed by atoms with E-state index in [2.05, 4.69) is 15.6 Å². The zero-order valence-corrected chi connectivity index (χ0v) is 12.3. The molecule has 1 aliphatic heterocycles. The Balaban J connectivity index is 1.54. The van der Waals surface area contributed by atoms with E-state index in [0.717, 1.165) is 36.6 Å². The van der Waals surface area contributed by atoms with Crippen molar-refractivity contribution < 1.29 is 9.59 Å². The monoisotopic (exact) mass is 297 g/mol. The summed E-state index contributed by atoms with van der Waals surface area (Å²) >= 11 is 0. The molecule has 22 heavy (non-hydrogen) atoms. The van der Waals surface area contributed by atoms with Gasteiger partial charge in [-0.3, -0.25) is 9.59 Å². The zero-order chi connectivity index (χ0) is 15.2. The minimum absolute atomic E-state index is 0.0331. The van der Waals surface area contributed by atoms with Gasteiger partial charge in [-0.2, -0.15) is 0 Å². The molecule has 1 aliphatic carbocycles. The second kappa shape index (κ2) is 4.87. The largest absolute Gasteiger partial charge is 0.361 e. The number of benzene rings is 1. The van der Waals surface area contributed by atoms with Gasteiger partial charge in [0.05, 0.1) is 11.6 Å². The van der Waals surface area contributed by atoms with Crippen LogP contribution in [-0.4, -0.2) is 28.4 Å². The second-order valence-electron chi connectivity index (χ2n) is 6.40. The Hall–Kier alpha value is -2.30. The fourth-order valence-electron chi connectivity index (χ4n) is 3.65. The average Bonchev–Trinajstić information content (AvgIpc) is 2.94. The number of nitrogens with one attached hydrogen (secondary N) is 3. The van der Waals surface area contributed by atoms with Crippen molar-refractivity contribution in [1.29, 1.82) is 0 Å².